The van der Waals surface area contributed by atoms with Crippen LogP contribution in [0.5, 0.6) is 0 Å². The van der Waals surface area contributed by atoms with E-state index in [0.29, 0.717) is 165 Å². The lowest BCUT2D eigenvalue weighted by molar-refractivity contribution is -0.137. The molecule has 0 radical (unpaired) electrons. The maximum Gasteiger partial charge on any atom is 0.253 e. The fraction of sp³-hybridized carbons (Fsp3) is 0.620. The molecule has 7 amide bonds. The second-order valence-electron chi connectivity index (χ2n) is 23.5. The number of fused-ring (bicyclic) bond motifs is 2. The molecular formula is C71H107N9O24. The van der Waals surface area contributed by atoms with Crippen molar-refractivity contribution in [3.8, 4) is 0 Å². The van der Waals surface area contributed by atoms with Crippen LogP contribution >= 0.6 is 0 Å². The highest BCUT2D eigenvalue weighted by atomic mass is 16.6. The predicted molar refractivity (Wildman–Crippen MR) is 377 cm³/mol. The van der Waals surface area contributed by atoms with Gasteiger partial charge in [-0.15, -0.1) is 0 Å². The third-order valence-corrected chi connectivity index (χ3v) is 15.5. The standard InChI is InChI=1S/C71H107N9O24/c1-53(81)68(71(90)77-51-65(85)78-63(70(89)72-2)47-56-49-76-62-10-6-4-8-60(56)62)79-69(88)54(45-55-48-75-61-9-5-3-7-59(55)61)46-58(83)52-104-44-43-92-19-15-73-50-57(82)14-18-91-21-23-94-25-27-96-29-31-98-33-35-100-37-39-102-41-42-103-40-38-101-36-34-99-32-30-97-28-26-95-24-22-93-20-16-74-64(84)13-17-80-66(86)11-12-67(80)87/h3-12,48-49,53-54,63,68,73,75-76,81H,13-47,50-52H2,1-2H3,(H,72,89)(H,74,84)(H,77,90)(H,78,85)(H,79,88)/t53-,54-,63+,68+/m1/s1. The number of ether oxygens (including phenoxy) is 14. The molecule has 2 aromatic carbocycles. The Hall–Kier alpha value is -7.55. The van der Waals surface area contributed by atoms with E-state index in [0.717, 1.165) is 37.8 Å². The molecule has 1 aliphatic heterocycles. The van der Waals surface area contributed by atoms with Gasteiger partial charge in [-0.25, -0.2) is 0 Å². The van der Waals surface area contributed by atoms with Crippen molar-refractivity contribution in [1.82, 2.24) is 46.8 Å². The molecule has 580 valence electrons. The van der Waals surface area contributed by atoms with Gasteiger partial charge in [0.1, 0.15) is 24.5 Å². The van der Waals surface area contributed by atoms with Gasteiger partial charge in [-0.05, 0) is 36.6 Å². The van der Waals surface area contributed by atoms with E-state index in [9.17, 15) is 48.3 Å². The molecule has 0 bridgehead atoms. The summed E-state index contributed by atoms with van der Waals surface area (Å²) in [5, 5.41) is 28.4. The van der Waals surface area contributed by atoms with Crippen molar-refractivity contribution in [2.75, 3.05) is 225 Å². The number of aliphatic hydroxyl groups is 1. The lowest BCUT2D eigenvalue weighted by Gasteiger charge is -2.24. The highest BCUT2D eigenvalue weighted by molar-refractivity contribution is 6.13. The number of hydrogen-bond acceptors (Lipinski definition) is 25. The number of aromatic nitrogens is 2. The van der Waals surface area contributed by atoms with Crippen LogP contribution in [-0.4, -0.2) is 316 Å². The lowest BCUT2D eigenvalue weighted by Crippen LogP contribution is -2.56. The third kappa shape index (κ3) is 37.9. The summed E-state index contributed by atoms with van der Waals surface area (Å²) < 4.78 is 77.2. The molecule has 4 atom stereocenters. The van der Waals surface area contributed by atoms with E-state index in [1.165, 1.54) is 26.1 Å². The number of carbonyl (C=O) groups excluding carboxylic acids is 9. The topological polar surface area (TPSA) is 410 Å². The Labute approximate surface area is 606 Å². The maximum absolute atomic E-state index is 14.0. The van der Waals surface area contributed by atoms with Crippen molar-refractivity contribution < 1.29 is 115 Å². The Morgan fingerprint density at radius 3 is 1.34 bits per heavy atom. The molecule has 0 spiro atoms. The smallest absolute Gasteiger partial charge is 0.253 e. The molecule has 0 unspecified atom stereocenters. The second-order valence-corrected chi connectivity index (χ2v) is 23.5. The zero-order valence-corrected chi connectivity index (χ0v) is 59.9. The Kier molecular flexibility index (Phi) is 46.0. The van der Waals surface area contributed by atoms with Crippen LogP contribution in [0.25, 0.3) is 21.8 Å². The summed E-state index contributed by atoms with van der Waals surface area (Å²) >= 11 is 0. The number of nitrogens with one attached hydrogen (secondary N) is 8. The first-order valence-electron chi connectivity index (χ1n) is 35.2. The molecule has 104 heavy (non-hydrogen) atoms. The van der Waals surface area contributed by atoms with Crippen LogP contribution in [0.2, 0.25) is 0 Å². The van der Waals surface area contributed by atoms with Gasteiger partial charge in [0.05, 0.1) is 198 Å². The number of H-pyrrole nitrogens is 2. The zero-order valence-electron chi connectivity index (χ0n) is 59.9. The molecule has 5 rings (SSSR count). The summed E-state index contributed by atoms with van der Waals surface area (Å²) in [6.45, 7) is 11.6. The molecule has 9 N–H and O–H groups in total. The van der Waals surface area contributed by atoms with Crippen molar-refractivity contribution in [2.24, 2.45) is 5.92 Å². The molecular weight excluding hydrogens is 1360 g/mol. The average Bonchev–Trinajstić information content (AvgIpc) is 1.67. The minimum atomic E-state index is -1.49. The van der Waals surface area contributed by atoms with Crippen molar-refractivity contribution in [1.29, 1.82) is 0 Å². The van der Waals surface area contributed by atoms with Crippen molar-refractivity contribution in [3.63, 3.8) is 0 Å². The molecule has 0 fully saturated rings. The minimum Gasteiger partial charge on any atom is -0.391 e. The maximum atomic E-state index is 14.0. The normalized spacial score (nSPS) is 13.4. The van der Waals surface area contributed by atoms with Crippen LogP contribution in [0, 0.1) is 5.92 Å². The lowest BCUT2D eigenvalue weighted by atomic mass is 9.92. The first-order chi connectivity index (χ1) is 50.7. The number of nitrogens with zero attached hydrogens (tertiary/aromatic N) is 1. The molecule has 3 heterocycles. The number of ketones is 2. The Balaban J connectivity index is 0.740. The average molecular weight is 1470 g/mol. The molecule has 0 saturated carbocycles. The minimum absolute atomic E-state index is 0.0253. The highest BCUT2D eigenvalue weighted by Gasteiger charge is 2.32. The SMILES string of the molecule is CNC(=O)[C@H](Cc1c[nH]c2ccccc12)NC(=O)CNC(=O)[C@@H](NC(=O)[C@@H](CC(=O)COCCOCCNCC(=O)CCOCCOCCOCCOCCOCCOCCOCCOCCOCCOCCOCCOCCNC(=O)CCN1C(=O)C=CC1=O)Cc1c[nH]c2ccccc12)[C@@H](C)O. The monoisotopic (exact) mass is 1470 g/mol. The summed E-state index contributed by atoms with van der Waals surface area (Å²) in [7, 11) is 1.45. The van der Waals surface area contributed by atoms with E-state index in [1.807, 2.05) is 48.5 Å². The van der Waals surface area contributed by atoms with Crippen LogP contribution in [0.15, 0.2) is 73.1 Å². The molecule has 0 aliphatic carbocycles. The first kappa shape index (κ1) is 87.1. The van der Waals surface area contributed by atoms with Crippen molar-refractivity contribution in [3.05, 3.63) is 84.2 Å². The second kappa shape index (κ2) is 55.0. The van der Waals surface area contributed by atoms with Gasteiger partial charge < -0.3 is 113 Å². The number of Topliss-reactive ketones (excluding diaryl/α,β-unsaturated/α-hetero) is 2. The summed E-state index contributed by atoms with van der Waals surface area (Å²) in [5.74, 6) is -5.12. The van der Waals surface area contributed by atoms with Crippen molar-refractivity contribution >= 4 is 74.7 Å². The van der Waals surface area contributed by atoms with E-state index >= 15 is 0 Å². The number of benzene rings is 2. The van der Waals surface area contributed by atoms with Crippen LogP contribution in [-0.2, 0) is 122 Å². The summed E-state index contributed by atoms with van der Waals surface area (Å²) in [4.78, 5) is 121. The molecule has 2 aromatic heterocycles. The van der Waals surface area contributed by atoms with E-state index < -0.39 is 66.1 Å². The summed E-state index contributed by atoms with van der Waals surface area (Å²) in [5.41, 5.74) is 3.26. The molecule has 4 aromatic rings. The number of imide groups is 1. The van der Waals surface area contributed by atoms with E-state index in [2.05, 4.69) is 41.9 Å². The van der Waals surface area contributed by atoms with Gasteiger partial charge >= 0.3 is 0 Å². The number of amides is 7. The Morgan fingerprint density at radius 2 is 0.875 bits per heavy atom. The number of rotatable bonds is 66. The van der Waals surface area contributed by atoms with Crippen LogP contribution in [0.3, 0.4) is 0 Å². The molecule has 33 nitrogen and oxygen atoms in total. The van der Waals surface area contributed by atoms with Crippen LogP contribution in [0.1, 0.15) is 37.3 Å². The van der Waals surface area contributed by atoms with Gasteiger partial charge in [0, 0.05) is 105 Å². The van der Waals surface area contributed by atoms with Gasteiger partial charge in [0.2, 0.25) is 29.5 Å². The van der Waals surface area contributed by atoms with E-state index in [4.69, 9.17) is 66.3 Å². The van der Waals surface area contributed by atoms with Gasteiger partial charge in [0.25, 0.3) is 11.8 Å². The fourth-order valence-corrected chi connectivity index (χ4v) is 10.0. The predicted octanol–water partition coefficient (Wildman–Crippen LogP) is -0.565. The van der Waals surface area contributed by atoms with Crippen LogP contribution < -0.4 is 31.9 Å². The number of aromatic amines is 2. The number of aliphatic hydroxyl groups excluding tert-OH is 1. The van der Waals surface area contributed by atoms with Gasteiger partial charge in [0.15, 0.2) is 5.78 Å². The molecule has 0 saturated heterocycles. The van der Waals surface area contributed by atoms with Gasteiger partial charge in [-0.2, -0.15) is 0 Å². The quantitative estimate of drug-likeness (QED) is 0.0197. The van der Waals surface area contributed by atoms with Gasteiger partial charge in [-0.1, -0.05) is 36.4 Å². The highest BCUT2D eigenvalue weighted by Crippen LogP contribution is 2.24. The van der Waals surface area contributed by atoms with E-state index in [-0.39, 0.29) is 95.7 Å². The Morgan fingerprint density at radius 1 is 0.452 bits per heavy atom. The number of para-hydroxylation sites is 2. The number of carbonyl (C=O) groups is 9. The van der Waals surface area contributed by atoms with E-state index in [1.54, 1.807) is 12.4 Å². The van der Waals surface area contributed by atoms with Gasteiger partial charge in [-0.3, -0.25) is 48.1 Å². The zero-order chi connectivity index (χ0) is 74.5. The Bertz CT molecular complexity index is 3130. The fourth-order valence-electron chi connectivity index (χ4n) is 10.0. The first-order valence-corrected chi connectivity index (χ1v) is 35.2. The summed E-state index contributed by atoms with van der Waals surface area (Å²) in [6.07, 6.45) is 4.78. The number of hydrogen-bond donors (Lipinski definition) is 9. The molecule has 1 aliphatic rings. The summed E-state index contributed by atoms with van der Waals surface area (Å²) in [6, 6.07) is 12.6. The van der Waals surface area contributed by atoms with Crippen molar-refractivity contribution in [2.45, 2.75) is 57.2 Å². The number of likely N-dealkylation sites (N-methyl/N-ethyl adjacent to an activating group) is 1. The third-order valence-electron chi connectivity index (χ3n) is 15.5. The van der Waals surface area contributed by atoms with Crippen LogP contribution in [0.4, 0.5) is 0 Å². The molecule has 33 heteroatoms. The largest absolute Gasteiger partial charge is 0.391 e.